The van der Waals surface area contributed by atoms with E-state index in [1.54, 1.807) is 0 Å². The monoisotopic (exact) mass is 162 g/mol. The fraction of sp³-hybridized carbons (Fsp3) is 0.400. The molecule has 0 heterocycles. The van der Waals surface area contributed by atoms with Crippen molar-refractivity contribution in [2.75, 3.05) is 5.33 Å². The van der Waals surface area contributed by atoms with Gasteiger partial charge in [0.2, 0.25) is 0 Å². The Kier molecular flexibility index (Phi) is 5.80. The van der Waals surface area contributed by atoms with E-state index in [1.165, 1.54) is 6.08 Å². The topological polar surface area (TPSA) is 17.1 Å². The highest BCUT2D eigenvalue weighted by Crippen LogP contribution is 1.86. The molecule has 0 aliphatic rings. The molecule has 0 rings (SSSR count). The van der Waals surface area contributed by atoms with Crippen LogP contribution < -0.4 is 0 Å². The van der Waals surface area contributed by atoms with E-state index in [2.05, 4.69) is 15.9 Å². The molecule has 0 aromatic carbocycles. The zero-order chi connectivity index (χ0) is 5.54. The van der Waals surface area contributed by atoms with Crippen LogP contribution >= 0.6 is 15.9 Å². The lowest BCUT2D eigenvalue weighted by atomic mass is 10.4. The van der Waals surface area contributed by atoms with E-state index in [0.29, 0.717) is 0 Å². The van der Waals surface area contributed by atoms with Crippen LogP contribution in [-0.2, 0) is 4.79 Å². The number of alkyl halides is 1. The van der Waals surface area contributed by atoms with Gasteiger partial charge < -0.3 is 0 Å². The second-order valence-corrected chi connectivity index (χ2v) is 1.83. The number of aldehydes is 1. The first-order valence-corrected chi connectivity index (χ1v) is 3.20. The van der Waals surface area contributed by atoms with E-state index in [9.17, 15) is 4.79 Å². The van der Waals surface area contributed by atoms with Gasteiger partial charge in [-0.15, -0.1) is 0 Å². The molecule has 0 aliphatic carbocycles. The molecule has 0 amide bonds. The largest absolute Gasteiger partial charge is 0.299 e. The smallest absolute Gasteiger partial charge is 0.142 e. The number of allylic oxidation sites excluding steroid dienone is 2. The number of carbonyl (C=O) groups is 1. The van der Waals surface area contributed by atoms with Gasteiger partial charge in [-0.05, 0) is 12.5 Å². The number of hydrogen-bond acceptors (Lipinski definition) is 1. The molecule has 0 aliphatic heterocycles. The van der Waals surface area contributed by atoms with Crippen molar-refractivity contribution in [3.05, 3.63) is 12.2 Å². The maximum atomic E-state index is 9.58. The molecule has 0 atom stereocenters. The Morgan fingerprint density at radius 1 is 1.57 bits per heavy atom. The summed E-state index contributed by atoms with van der Waals surface area (Å²) in [4.78, 5) is 9.58. The van der Waals surface area contributed by atoms with Crippen LogP contribution in [0.1, 0.15) is 6.42 Å². The first-order chi connectivity index (χ1) is 3.41. The molecule has 0 N–H and O–H groups in total. The quantitative estimate of drug-likeness (QED) is 0.350. The van der Waals surface area contributed by atoms with Gasteiger partial charge >= 0.3 is 0 Å². The van der Waals surface area contributed by atoms with Crippen LogP contribution in [0.3, 0.4) is 0 Å². The maximum Gasteiger partial charge on any atom is 0.142 e. The van der Waals surface area contributed by atoms with Crippen molar-refractivity contribution < 1.29 is 4.79 Å². The van der Waals surface area contributed by atoms with Crippen molar-refractivity contribution >= 4 is 22.2 Å². The zero-order valence-corrected chi connectivity index (χ0v) is 5.52. The molecule has 0 aromatic rings. The summed E-state index contributed by atoms with van der Waals surface area (Å²) < 4.78 is 0. The standard InChI is InChI=1S/C5H7BrO/c6-4-2-1-3-5-7/h1,3,5H,2,4H2. The molecule has 0 radical (unpaired) electrons. The molecule has 0 aromatic heterocycles. The Bertz CT molecular complexity index is 68.5. The first kappa shape index (κ1) is 6.89. The number of rotatable bonds is 3. The SMILES string of the molecule is O=CC=CCCBr. The normalized spacial score (nSPS) is 9.86. The van der Waals surface area contributed by atoms with Crippen molar-refractivity contribution in [3.8, 4) is 0 Å². The maximum absolute atomic E-state index is 9.58. The third-order valence-corrected chi connectivity index (χ3v) is 0.948. The molecule has 0 saturated carbocycles. The fourth-order valence-corrected chi connectivity index (χ4v) is 0.479. The molecule has 0 bridgehead atoms. The predicted octanol–water partition coefficient (Wildman–Crippen LogP) is 1.53. The highest BCUT2D eigenvalue weighted by molar-refractivity contribution is 9.09. The van der Waals surface area contributed by atoms with Crippen LogP contribution in [0.4, 0.5) is 0 Å². The van der Waals surface area contributed by atoms with Crippen LogP contribution in [0.25, 0.3) is 0 Å². The minimum absolute atomic E-state index is 0.780. The summed E-state index contributed by atoms with van der Waals surface area (Å²) >= 11 is 3.21. The molecule has 1 nitrogen and oxygen atoms in total. The Labute approximate surface area is 51.5 Å². The van der Waals surface area contributed by atoms with Gasteiger partial charge in [-0.25, -0.2) is 0 Å². The lowest BCUT2D eigenvalue weighted by molar-refractivity contribution is -0.104. The van der Waals surface area contributed by atoms with Gasteiger partial charge in [0, 0.05) is 5.33 Å². The molecule has 0 spiro atoms. The number of hydrogen-bond donors (Lipinski definition) is 0. The van der Waals surface area contributed by atoms with Gasteiger partial charge in [0.1, 0.15) is 6.29 Å². The van der Waals surface area contributed by atoms with E-state index in [4.69, 9.17) is 0 Å². The highest BCUT2D eigenvalue weighted by atomic mass is 79.9. The van der Waals surface area contributed by atoms with Gasteiger partial charge in [-0.1, -0.05) is 22.0 Å². The minimum atomic E-state index is 0.780. The summed E-state index contributed by atoms with van der Waals surface area (Å²) in [6.07, 6.45) is 5.03. The van der Waals surface area contributed by atoms with Crippen LogP contribution in [-0.4, -0.2) is 11.6 Å². The van der Waals surface area contributed by atoms with Crippen LogP contribution in [0.15, 0.2) is 12.2 Å². The van der Waals surface area contributed by atoms with Gasteiger partial charge in [0.05, 0.1) is 0 Å². The van der Waals surface area contributed by atoms with Crippen molar-refractivity contribution in [2.24, 2.45) is 0 Å². The molecular formula is C5H7BrO. The molecule has 2 heteroatoms. The van der Waals surface area contributed by atoms with Gasteiger partial charge in [-0.3, -0.25) is 4.79 Å². The van der Waals surface area contributed by atoms with Crippen molar-refractivity contribution in [3.63, 3.8) is 0 Å². The molecular weight excluding hydrogens is 156 g/mol. The van der Waals surface area contributed by atoms with Crippen LogP contribution in [0.5, 0.6) is 0 Å². The lowest BCUT2D eigenvalue weighted by Crippen LogP contribution is -1.65. The summed E-state index contributed by atoms with van der Waals surface area (Å²) in [6, 6.07) is 0. The van der Waals surface area contributed by atoms with Gasteiger partial charge in [0.15, 0.2) is 0 Å². The summed E-state index contributed by atoms with van der Waals surface area (Å²) in [5.41, 5.74) is 0. The molecule has 0 fully saturated rings. The predicted molar refractivity (Wildman–Crippen MR) is 33.6 cm³/mol. The Morgan fingerprint density at radius 3 is 2.71 bits per heavy atom. The highest BCUT2D eigenvalue weighted by Gasteiger charge is 1.69. The Morgan fingerprint density at radius 2 is 2.29 bits per heavy atom. The van der Waals surface area contributed by atoms with Gasteiger partial charge in [0.25, 0.3) is 0 Å². The average Bonchev–Trinajstić information content (AvgIpc) is 1.69. The number of carbonyl (C=O) groups excluding carboxylic acids is 1. The molecule has 7 heavy (non-hydrogen) atoms. The van der Waals surface area contributed by atoms with E-state index in [-0.39, 0.29) is 0 Å². The second-order valence-electron chi connectivity index (χ2n) is 1.04. The van der Waals surface area contributed by atoms with E-state index < -0.39 is 0 Å². The fourth-order valence-electron chi connectivity index (χ4n) is 0.215. The van der Waals surface area contributed by atoms with Crippen LogP contribution in [0.2, 0.25) is 0 Å². The lowest BCUT2D eigenvalue weighted by Gasteiger charge is -1.74. The molecule has 0 unspecified atom stereocenters. The van der Waals surface area contributed by atoms with Crippen molar-refractivity contribution in [1.29, 1.82) is 0 Å². The number of halogens is 1. The zero-order valence-electron chi connectivity index (χ0n) is 3.93. The third-order valence-electron chi connectivity index (χ3n) is 0.490. The Balaban J connectivity index is 2.92. The van der Waals surface area contributed by atoms with Crippen molar-refractivity contribution in [1.82, 2.24) is 0 Å². The third kappa shape index (κ3) is 5.89. The van der Waals surface area contributed by atoms with Crippen LogP contribution in [0, 0.1) is 0 Å². The minimum Gasteiger partial charge on any atom is -0.299 e. The second kappa shape index (κ2) is 5.89. The summed E-state index contributed by atoms with van der Waals surface area (Å²) in [5, 5.41) is 0.928. The summed E-state index contributed by atoms with van der Waals surface area (Å²) in [7, 11) is 0. The molecule has 0 saturated heterocycles. The van der Waals surface area contributed by atoms with Gasteiger partial charge in [-0.2, -0.15) is 0 Å². The molecule has 40 valence electrons. The van der Waals surface area contributed by atoms with Crippen molar-refractivity contribution in [2.45, 2.75) is 6.42 Å². The average molecular weight is 163 g/mol. The summed E-state index contributed by atoms with van der Waals surface area (Å²) in [5.74, 6) is 0. The first-order valence-electron chi connectivity index (χ1n) is 2.08. The van der Waals surface area contributed by atoms with E-state index >= 15 is 0 Å². The Hall–Kier alpha value is -0.110. The summed E-state index contributed by atoms with van der Waals surface area (Å²) in [6.45, 7) is 0. The van der Waals surface area contributed by atoms with E-state index in [1.807, 2.05) is 6.08 Å². The van der Waals surface area contributed by atoms with E-state index in [0.717, 1.165) is 18.0 Å².